The first kappa shape index (κ1) is 19.6. The summed E-state index contributed by atoms with van der Waals surface area (Å²) in [5.41, 5.74) is 3.29. The summed E-state index contributed by atoms with van der Waals surface area (Å²) in [5.74, 6) is 1.89. The van der Waals surface area contributed by atoms with Crippen molar-refractivity contribution in [2.24, 2.45) is 13.0 Å². The lowest BCUT2D eigenvalue weighted by atomic mass is 9.92. The molecule has 0 unspecified atom stereocenters. The number of likely N-dealkylation sites (tertiary alicyclic amines) is 1. The van der Waals surface area contributed by atoms with Crippen molar-refractivity contribution in [2.45, 2.75) is 38.8 Å². The van der Waals surface area contributed by atoms with Crippen LogP contribution in [0.3, 0.4) is 0 Å². The fraction of sp³-hybridized carbons (Fsp3) is 0.435. The molecule has 1 aliphatic heterocycles. The Balaban J connectivity index is 1.19. The van der Waals surface area contributed by atoms with Gasteiger partial charge in [0.15, 0.2) is 0 Å². The standard InChI is InChI=1S/C23H29N5O/c1-27-21-7-3-2-6-20(21)26-22(27)17-28-13-10-18(11-14-28)8-9-23(29)25-16-19-5-4-12-24-15-19/h2-7,12,15,18H,8-11,13-14,16-17H2,1H3,(H,25,29). The van der Waals surface area contributed by atoms with E-state index in [9.17, 15) is 4.79 Å². The number of aryl methyl sites for hydroxylation is 1. The van der Waals surface area contributed by atoms with E-state index in [1.54, 1.807) is 12.4 Å². The molecule has 0 atom stereocenters. The quantitative estimate of drug-likeness (QED) is 0.671. The summed E-state index contributed by atoms with van der Waals surface area (Å²) in [4.78, 5) is 23.5. The minimum absolute atomic E-state index is 0.135. The van der Waals surface area contributed by atoms with E-state index in [2.05, 4.69) is 45.0 Å². The third-order valence-corrected chi connectivity index (χ3v) is 5.94. The van der Waals surface area contributed by atoms with Gasteiger partial charge in [-0.25, -0.2) is 4.98 Å². The lowest BCUT2D eigenvalue weighted by Gasteiger charge is -2.31. The number of pyridine rings is 1. The van der Waals surface area contributed by atoms with E-state index in [1.807, 2.05) is 18.2 Å². The fourth-order valence-electron chi connectivity index (χ4n) is 4.10. The van der Waals surface area contributed by atoms with Crippen molar-refractivity contribution in [3.63, 3.8) is 0 Å². The van der Waals surface area contributed by atoms with Gasteiger partial charge in [0.25, 0.3) is 0 Å². The molecule has 0 spiro atoms. The second-order valence-corrected chi connectivity index (χ2v) is 7.97. The molecule has 1 saturated heterocycles. The van der Waals surface area contributed by atoms with Gasteiger partial charge < -0.3 is 9.88 Å². The lowest BCUT2D eigenvalue weighted by Crippen LogP contribution is -2.34. The molecule has 1 amide bonds. The van der Waals surface area contributed by atoms with E-state index in [0.717, 1.165) is 55.8 Å². The first-order valence-corrected chi connectivity index (χ1v) is 10.5. The van der Waals surface area contributed by atoms with E-state index in [-0.39, 0.29) is 5.91 Å². The molecule has 2 aromatic heterocycles. The molecular weight excluding hydrogens is 362 g/mol. The van der Waals surface area contributed by atoms with Crippen LogP contribution in [-0.2, 0) is 24.9 Å². The van der Waals surface area contributed by atoms with E-state index < -0.39 is 0 Å². The monoisotopic (exact) mass is 391 g/mol. The zero-order valence-electron chi connectivity index (χ0n) is 17.1. The van der Waals surface area contributed by atoms with Crippen molar-refractivity contribution in [1.29, 1.82) is 0 Å². The van der Waals surface area contributed by atoms with Gasteiger partial charge in [-0.1, -0.05) is 18.2 Å². The number of amides is 1. The molecule has 0 radical (unpaired) electrons. The minimum Gasteiger partial charge on any atom is -0.352 e. The molecule has 1 N–H and O–H groups in total. The summed E-state index contributed by atoms with van der Waals surface area (Å²) in [6.07, 6.45) is 7.42. The number of nitrogens with one attached hydrogen (secondary N) is 1. The number of piperidine rings is 1. The Morgan fingerprint density at radius 3 is 2.76 bits per heavy atom. The van der Waals surface area contributed by atoms with Gasteiger partial charge in [0, 0.05) is 32.4 Å². The van der Waals surface area contributed by atoms with Gasteiger partial charge in [0.1, 0.15) is 5.82 Å². The number of hydrogen-bond donors (Lipinski definition) is 1. The van der Waals surface area contributed by atoms with Gasteiger partial charge in [-0.3, -0.25) is 14.7 Å². The molecule has 1 fully saturated rings. The van der Waals surface area contributed by atoms with E-state index in [4.69, 9.17) is 4.98 Å². The van der Waals surface area contributed by atoms with E-state index in [1.165, 1.54) is 5.52 Å². The van der Waals surface area contributed by atoms with Crippen LogP contribution in [0, 0.1) is 5.92 Å². The molecule has 6 nitrogen and oxygen atoms in total. The number of benzene rings is 1. The Labute approximate surface area is 172 Å². The molecule has 1 aliphatic rings. The number of imidazole rings is 1. The van der Waals surface area contributed by atoms with Crippen LogP contribution in [0.2, 0.25) is 0 Å². The molecular formula is C23H29N5O. The second-order valence-electron chi connectivity index (χ2n) is 7.97. The fourth-order valence-corrected chi connectivity index (χ4v) is 4.10. The predicted molar refractivity (Wildman–Crippen MR) is 114 cm³/mol. The number of nitrogens with zero attached hydrogens (tertiary/aromatic N) is 4. The Kier molecular flexibility index (Phi) is 6.20. The third kappa shape index (κ3) is 5.01. The van der Waals surface area contributed by atoms with Gasteiger partial charge in [-0.15, -0.1) is 0 Å². The number of aromatic nitrogens is 3. The maximum absolute atomic E-state index is 12.1. The first-order valence-electron chi connectivity index (χ1n) is 10.5. The molecule has 3 heterocycles. The van der Waals surface area contributed by atoms with Crippen LogP contribution in [0.4, 0.5) is 0 Å². The summed E-state index contributed by atoms with van der Waals surface area (Å²) in [6, 6.07) is 12.2. The highest BCUT2D eigenvalue weighted by atomic mass is 16.1. The van der Waals surface area contributed by atoms with Crippen LogP contribution in [0.25, 0.3) is 11.0 Å². The highest BCUT2D eigenvalue weighted by molar-refractivity contribution is 5.76. The van der Waals surface area contributed by atoms with Gasteiger partial charge >= 0.3 is 0 Å². The van der Waals surface area contributed by atoms with Crippen LogP contribution in [-0.4, -0.2) is 38.4 Å². The van der Waals surface area contributed by atoms with Gasteiger partial charge in [0.2, 0.25) is 5.91 Å². The molecule has 4 rings (SSSR count). The summed E-state index contributed by atoms with van der Waals surface area (Å²) in [5, 5.41) is 3.00. The first-order chi connectivity index (χ1) is 14.2. The average molecular weight is 392 g/mol. The van der Waals surface area contributed by atoms with Crippen molar-refractivity contribution in [3.8, 4) is 0 Å². The van der Waals surface area contributed by atoms with Crippen molar-refractivity contribution < 1.29 is 4.79 Å². The summed E-state index contributed by atoms with van der Waals surface area (Å²) >= 11 is 0. The maximum atomic E-state index is 12.1. The number of fused-ring (bicyclic) bond motifs is 1. The van der Waals surface area contributed by atoms with Crippen LogP contribution < -0.4 is 5.32 Å². The highest BCUT2D eigenvalue weighted by Gasteiger charge is 2.21. The normalized spacial score (nSPS) is 15.6. The van der Waals surface area contributed by atoms with Gasteiger partial charge in [-0.05, 0) is 62.0 Å². The predicted octanol–water partition coefficient (Wildman–Crippen LogP) is 3.28. The lowest BCUT2D eigenvalue weighted by molar-refractivity contribution is -0.121. The van der Waals surface area contributed by atoms with Crippen LogP contribution >= 0.6 is 0 Å². The number of hydrogen-bond acceptors (Lipinski definition) is 4. The average Bonchev–Trinajstić information content (AvgIpc) is 3.08. The van der Waals surface area contributed by atoms with Crippen molar-refractivity contribution in [3.05, 3.63) is 60.2 Å². The number of rotatable bonds is 7. The van der Waals surface area contributed by atoms with E-state index >= 15 is 0 Å². The van der Waals surface area contributed by atoms with E-state index in [0.29, 0.717) is 18.9 Å². The van der Waals surface area contributed by atoms with Crippen molar-refractivity contribution in [1.82, 2.24) is 24.8 Å². The molecule has 152 valence electrons. The van der Waals surface area contributed by atoms with Crippen LogP contribution in [0.15, 0.2) is 48.8 Å². The Morgan fingerprint density at radius 1 is 1.17 bits per heavy atom. The van der Waals surface area contributed by atoms with Gasteiger partial charge in [-0.2, -0.15) is 0 Å². The summed E-state index contributed by atoms with van der Waals surface area (Å²) in [6.45, 7) is 3.60. The molecule has 29 heavy (non-hydrogen) atoms. The molecule has 3 aromatic rings. The van der Waals surface area contributed by atoms with Crippen LogP contribution in [0.1, 0.15) is 37.1 Å². The number of carbonyl (C=O) groups excluding carboxylic acids is 1. The second kappa shape index (κ2) is 9.18. The number of para-hydroxylation sites is 2. The molecule has 0 bridgehead atoms. The summed E-state index contributed by atoms with van der Waals surface area (Å²) in [7, 11) is 2.10. The topological polar surface area (TPSA) is 63.1 Å². The molecule has 1 aromatic carbocycles. The Hall–Kier alpha value is -2.73. The molecule has 0 saturated carbocycles. The minimum atomic E-state index is 0.135. The smallest absolute Gasteiger partial charge is 0.220 e. The number of carbonyl (C=O) groups is 1. The van der Waals surface area contributed by atoms with Crippen molar-refractivity contribution in [2.75, 3.05) is 13.1 Å². The Bertz CT molecular complexity index is 944. The molecule has 6 heteroatoms. The Morgan fingerprint density at radius 2 is 2.00 bits per heavy atom. The molecule has 0 aliphatic carbocycles. The largest absolute Gasteiger partial charge is 0.352 e. The SMILES string of the molecule is Cn1c(CN2CCC(CCC(=O)NCc3cccnc3)CC2)nc2ccccc21. The van der Waals surface area contributed by atoms with Crippen molar-refractivity contribution >= 4 is 16.9 Å². The zero-order valence-corrected chi connectivity index (χ0v) is 17.1. The summed E-state index contributed by atoms with van der Waals surface area (Å²) < 4.78 is 2.20. The van der Waals surface area contributed by atoms with Crippen LogP contribution in [0.5, 0.6) is 0 Å². The zero-order chi connectivity index (χ0) is 20.1. The maximum Gasteiger partial charge on any atom is 0.220 e. The highest BCUT2D eigenvalue weighted by Crippen LogP contribution is 2.24. The third-order valence-electron chi connectivity index (χ3n) is 5.94. The van der Waals surface area contributed by atoms with Gasteiger partial charge in [0.05, 0.1) is 17.6 Å².